The van der Waals surface area contributed by atoms with Crippen molar-refractivity contribution < 1.29 is 9.84 Å². The van der Waals surface area contributed by atoms with Crippen molar-refractivity contribution in [1.82, 2.24) is 4.98 Å². The Labute approximate surface area is 122 Å². The fraction of sp³-hybridized carbons (Fsp3) is 0.0833. The van der Waals surface area contributed by atoms with E-state index in [0.29, 0.717) is 31.7 Å². The van der Waals surface area contributed by atoms with Crippen LogP contribution >= 0.6 is 39.1 Å². The highest BCUT2D eigenvalue weighted by Crippen LogP contribution is 2.36. The van der Waals surface area contributed by atoms with Gasteiger partial charge in [0, 0.05) is 22.8 Å². The summed E-state index contributed by atoms with van der Waals surface area (Å²) in [6.45, 7) is -0.147. The van der Waals surface area contributed by atoms with Gasteiger partial charge in [-0.25, -0.2) is 0 Å². The Bertz CT molecular complexity index is 578. The second-order valence-electron chi connectivity index (χ2n) is 3.44. The van der Waals surface area contributed by atoms with Crippen LogP contribution in [0.25, 0.3) is 0 Å². The van der Waals surface area contributed by atoms with Crippen molar-refractivity contribution in [2.45, 2.75) is 6.61 Å². The highest BCUT2D eigenvalue weighted by Gasteiger charge is 2.08. The quantitative estimate of drug-likeness (QED) is 0.834. The Morgan fingerprint density at radius 3 is 2.72 bits per heavy atom. The van der Waals surface area contributed by atoms with Gasteiger partial charge in [0.05, 0.1) is 22.3 Å². The lowest BCUT2D eigenvalue weighted by molar-refractivity contribution is 0.276. The Balaban J connectivity index is 2.30. The summed E-state index contributed by atoms with van der Waals surface area (Å²) in [5.41, 5.74) is 0.520. The summed E-state index contributed by atoms with van der Waals surface area (Å²) in [5.74, 6) is 0.981. The van der Waals surface area contributed by atoms with Crippen LogP contribution in [0.3, 0.4) is 0 Å². The SMILES string of the molecule is OCc1cc(Oc2cc(Cl)c(Br)cc2Cl)ccn1. The minimum atomic E-state index is -0.147. The summed E-state index contributed by atoms with van der Waals surface area (Å²) in [7, 11) is 0. The zero-order valence-corrected chi connectivity index (χ0v) is 12.1. The molecule has 0 unspecified atom stereocenters. The third-order valence-corrected chi connectivity index (χ3v) is 3.65. The van der Waals surface area contributed by atoms with E-state index >= 15 is 0 Å². The van der Waals surface area contributed by atoms with Crippen molar-refractivity contribution in [3.05, 3.63) is 50.7 Å². The molecular formula is C12H8BrCl2NO2. The molecule has 0 atom stereocenters. The molecule has 1 aromatic carbocycles. The van der Waals surface area contributed by atoms with Crippen molar-refractivity contribution in [3.63, 3.8) is 0 Å². The van der Waals surface area contributed by atoms with E-state index in [0.717, 1.165) is 0 Å². The molecular weight excluding hydrogens is 341 g/mol. The average molecular weight is 349 g/mol. The lowest BCUT2D eigenvalue weighted by Crippen LogP contribution is -1.91. The lowest BCUT2D eigenvalue weighted by Gasteiger charge is -2.09. The number of benzene rings is 1. The number of nitrogens with zero attached hydrogens (tertiary/aromatic N) is 1. The number of ether oxygens (including phenoxy) is 1. The zero-order chi connectivity index (χ0) is 13.1. The van der Waals surface area contributed by atoms with Gasteiger partial charge in [0.25, 0.3) is 0 Å². The number of pyridine rings is 1. The number of aliphatic hydroxyl groups excluding tert-OH is 1. The summed E-state index contributed by atoms with van der Waals surface area (Å²) < 4.78 is 6.30. The van der Waals surface area contributed by atoms with E-state index in [1.54, 1.807) is 30.5 Å². The van der Waals surface area contributed by atoms with Crippen molar-refractivity contribution in [2.75, 3.05) is 0 Å². The molecule has 18 heavy (non-hydrogen) atoms. The number of hydrogen-bond acceptors (Lipinski definition) is 3. The van der Waals surface area contributed by atoms with Gasteiger partial charge in [0.2, 0.25) is 0 Å². The normalized spacial score (nSPS) is 10.4. The molecule has 0 spiro atoms. The van der Waals surface area contributed by atoms with Gasteiger partial charge in [-0.3, -0.25) is 4.98 Å². The van der Waals surface area contributed by atoms with Gasteiger partial charge < -0.3 is 9.84 Å². The fourth-order valence-corrected chi connectivity index (χ4v) is 2.15. The van der Waals surface area contributed by atoms with E-state index < -0.39 is 0 Å². The summed E-state index contributed by atoms with van der Waals surface area (Å²) >= 11 is 15.3. The van der Waals surface area contributed by atoms with Gasteiger partial charge >= 0.3 is 0 Å². The van der Waals surface area contributed by atoms with Crippen LogP contribution in [0.5, 0.6) is 11.5 Å². The van der Waals surface area contributed by atoms with Gasteiger partial charge in [-0.15, -0.1) is 0 Å². The average Bonchev–Trinajstić information content (AvgIpc) is 2.36. The third kappa shape index (κ3) is 3.14. The highest BCUT2D eigenvalue weighted by atomic mass is 79.9. The van der Waals surface area contributed by atoms with E-state index in [2.05, 4.69) is 20.9 Å². The molecule has 6 heteroatoms. The molecule has 1 aromatic heterocycles. The van der Waals surface area contributed by atoms with Crippen LogP contribution in [0.4, 0.5) is 0 Å². The third-order valence-electron chi connectivity index (χ3n) is 2.15. The van der Waals surface area contributed by atoms with Crippen molar-refractivity contribution in [2.24, 2.45) is 0 Å². The highest BCUT2D eigenvalue weighted by molar-refractivity contribution is 9.10. The van der Waals surface area contributed by atoms with Crippen LogP contribution in [-0.2, 0) is 6.61 Å². The number of rotatable bonds is 3. The molecule has 94 valence electrons. The zero-order valence-electron chi connectivity index (χ0n) is 9.03. The van der Waals surface area contributed by atoms with Crippen LogP contribution in [0.15, 0.2) is 34.9 Å². The van der Waals surface area contributed by atoms with E-state index in [4.69, 9.17) is 33.0 Å². The van der Waals surface area contributed by atoms with E-state index in [-0.39, 0.29) is 6.61 Å². The minimum Gasteiger partial charge on any atom is -0.456 e. The van der Waals surface area contributed by atoms with Crippen molar-refractivity contribution in [1.29, 1.82) is 0 Å². The van der Waals surface area contributed by atoms with E-state index in [1.807, 2.05) is 0 Å². The van der Waals surface area contributed by atoms with Gasteiger partial charge in [-0.05, 0) is 28.1 Å². The molecule has 0 aliphatic rings. The van der Waals surface area contributed by atoms with E-state index in [1.165, 1.54) is 0 Å². The molecule has 1 heterocycles. The van der Waals surface area contributed by atoms with Gasteiger partial charge in [-0.2, -0.15) is 0 Å². The molecule has 0 fully saturated rings. The molecule has 0 amide bonds. The smallest absolute Gasteiger partial charge is 0.147 e. The molecule has 0 saturated heterocycles. The first-order valence-electron chi connectivity index (χ1n) is 4.98. The molecule has 0 saturated carbocycles. The van der Waals surface area contributed by atoms with Crippen molar-refractivity contribution >= 4 is 39.1 Å². The van der Waals surface area contributed by atoms with E-state index in [9.17, 15) is 0 Å². The molecule has 3 nitrogen and oxygen atoms in total. The maximum Gasteiger partial charge on any atom is 0.147 e. The number of hydrogen-bond donors (Lipinski definition) is 1. The number of halogens is 3. The maximum atomic E-state index is 8.99. The number of aromatic nitrogens is 1. The fourth-order valence-electron chi connectivity index (χ4n) is 1.32. The van der Waals surface area contributed by atoms with Crippen LogP contribution in [0.2, 0.25) is 10.0 Å². The molecule has 2 rings (SSSR count). The maximum absolute atomic E-state index is 8.99. The standard InChI is InChI=1S/C12H8BrCl2NO2/c13-9-4-11(15)12(5-10(9)14)18-8-1-2-16-7(3-8)6-17/h1-5,17H,6H2. The summed E-state index contributed by atoms with van der Waals surface area (Å²) in [6, 6.07) is 6.58. The monoisotopic (exact) mass is 347 g/mol. The first-order chi connectivity index (χ1) is 8.60. The van der Waals surface area contributed by atoms with Crippen LogP contribution in [0.1, 0.15) is 5.69 Å². The minimum absolute atomic E-state index is 0.147. The second kappa shape index (κ2) is 5.89. The summed E-state index contributed by atoms with van der Waals surface area (Å²) in [5, 5.41) is 9.94. The molecule has 1 N–H and O–H groups in total. The molecule has 2 aromatic rings. The van der Waals surface area contributed by atoms with Crippen LogP contribution < -0.4 is 4.74 Å². The number of aliphatic hydroxyl groups is 1. The molecule has 0 aliphatic carbocycles. The Morgan fingerprint density at radius 2 is 2.00 bits per heavy atom. The first kappa shape index (κ1) is 13.6. The molecule has 0 bridgehead atoms. The molecule has 0 aliphatic heterocycles. The molecule has 0 radical (unpaired) electrons. The first-order valence-corrected chi connectivity index (χ1v) is 6.53. The largest absolute Gasteiger partial charge is 0.456 e. The van der Waals surface area contributed by atoms with Gasteiger partial charge in [0.15, 0.2) is 0 Å². The Morgan fingerprint density at radius 1 is 1.22 bits per heavy atom. The lowest BCUT2D eigenvalue weighted by atomic mass is 10.3. The van der Waals surface area contributed by atoms with Crippen LogP contribution in [-0.4, -0.2) is 10.1 Å². The van der Waals surface area contributed by atoms with Crippen LogP contribution in [0, 0.1) is 0 Å². The van der Waals surface area contributed by atoms with Gasteiger partial charge in [-0.1, -0.05) is 23.2 Å². The predicted molar refractivity (Wildman–Crippen MR) is 74.4 cm³/mol. The summed E-state index contributed by atoms with van der Waals surface area (Å²) in [4.78, 5) is 3.96. The topological polar surface area (TPSA) is 42.4 Å². The van der Waals surface area contributed by atoms with Gasteiger partial charge in [0.1, 0.15) is 11.5 Å². The second-order valence-corrected chi connectivity index (χ2v) is 5.11. The predicted octanol–water partition coefficient (Wildman–Crippen LogP) is 4.44. The Kier molecular flexibility index (Phi) is 4.45. The Hall–Kier alpha value is -0.810. The van der Waals surface area contributed by atoms with Crippen molar-refractivity contribution in [3.8, 4) is 11.5 Å². The summed E-state index contributed by atoms with van der Waals surface area (Å²) in [6.07, 6.45) is 1.55.